The average molecular weight is 445 g/mol. The topological polar surface area (TPSA) is 132 Å². The lowest BCUT2D eigenvalue weighted by Crippen LogP contribution is -2.76. The minimum atomic E-state index is -3.05. The minimum absolute atomic E-state index is 0.266. The van der Waals surface area contributed by atoms with Crippen LogP contribution in [0.3, 0.4) is 0 Å². The molecule has 0 saturated heterocycles. The molecule has 0 aromatic rings. The highest BCUT2D eigenvalue weighted by Crippen LogP contribution is 2.67. The molecule has 0 radical (unpaired) electrons. The van der Waals surface area contributed by atoms with Crippen molar-refractivity contribution in [2.24, 2.45) is 27.6 Å². The summed E-state index contributed by atoms with van der Waals surface area (Å²) in [7, 11) is 0. The van der Waals surface area contributed by atoms with Gasteiger partial charge in [0.25, 0.3) is 0 Å². The number of hydrogen-bond donors (Lipinski definition) is 4. The van der Waals surface area contributed by atoms with Crippen molar-refractivity contribution < 1.29 is 34.8 Å². The van der Waals surface area contributed by atoms with Gasteiger partial charge in [-0.2, -0.15) is 0 Å². The number of hydrogen-bond acceptors (Lipinski definition) is 4. The summed E-state index contributed by atoms with van der Waals surface area (Å²) in [6, 6.07) is 0. The molecule has 2 atom stereocenters. The summed E-state index contributed by atoms with van der Waals surface area (Å²) >= 11 is 0. The molecule has 0 saturated carbocycles. The first-order chi connectivity index (χ1) is 14.1. The summed E-state index contributed by atoms with van der Waals surface area (Å²) in [5.41, 5.74) is -8.83. The summed E-state index contributed by atoms with van der Waals surface area (Å²) in [6.07, 6.45) is 1.61. The van der Waals surface area contributed by atoms with Crippen LogP contribution in [0.2, 0.25) is 0 Å². The van der Waals surface area contributed by atoms with Crippen molar-refractivity contribution in [3.63, 3.8) is 0 Å². The number of aliphatic carboxylic acids is 3. The third-order valence-corrected chi connectivity index (χ3v) is 9.13. The maximum atomic E-state index is 13.3. The molecular weight excluding hydrogens is 400 g/mol. The van der Waals surface area contributed by atoms with E-state index in [2.05, 4.69) is 0 Å². The first kappa shape index (κ1) is 29.4. The summed E-state index contributed by atoms with van der Waals surface area (Å²) < 4.78 is 0. The Morgan fingerprint density at radius 2 is 0.968 bits per heavy atom. The molecule has 0 spiro atoms. The minimum Gasteiger partial charge on any atom is -0.481 e. The summed E-state index contributed by atoms with van der Waals surface area (Å²) in [6.45, 7) is 15.5. The van der Waals surface area contributed by atoms with Crippen LogP contribution in [0.25, 0.3) is 0 Å². The Morgan fingerprint density at radius 1 is 0.645 bits per heavy atom. The highest BCUT2D eigenvalue weighted by atomic mass is 16.4. The van der Waals surface area contributed by atoms with Crippen LogP contribution in [0, 0.1) is 27.6 Å². The predicted molar refractivity (Wildman–Crippen MR) is 120 cm³/mol. The SMILES string of the molecule is CCC(C)(CC)C(C(=O)O)C(O)(C(=O)O)C(C(=O)O)(C(C)(CC)CC)C(C)(CC)CC. The van der Waals surface area contributed by atoms with Gasteiger partial charge in [0.1, 0.15) is 11.3 Å². The quantitative estimate of drug-likeness (QED) is 0.294. The van der Waals surface area contributed by atoms with Gasteiger partial charge in [-0.15, -0.1) is 0 Å². The third kappa shape index (κ3) is 3.87. The van der Waals surface area contributed by atoms with E-state index < -0.39 is 51.1 Å². The molecule has 0 aromatic carbocycles. The van der Waals surface area contributed by atoms with Crippen LogP contribution < -0.4 is 0 Å². The van der Waals surface area contributed by atoms with Crippen LogP contribution in [-0.4, -0.2) is 43.9 Å². The zero-order chi connectivity index (χ0) is 25.1. The van der Waals surface area contributed by atoms with E-state index in [1.807, 2.05) is 0 Å². The Hall–Kier alpha value is -1.63. The molecule has 0 amide bonds. The second kappa shape index (κ2) is 9.88. The molecule has 0 aliphatic carbocycles. The molecule has 0 rings (SSSR count). The lowest BCUT2D eigenvalue weighted by molar-refractivity contribution is -0.261. The van der Waals surface area contributed by atoms with Gasteiger partial charge in [-0.1, -0.05) is 62.3 Å². The highest BCUT2D eigenvalue weighted by Gasteiger charge is 2.78. The Morgan fingerprint density at radius 3 is 1.13 bits per heavy atom. The zero-order valence-electron chi connectivity index (χ0n) is 20.8. The van der Waals surface area contributed by atoms with Gasteiger partial charge in [0.05, 0.1) is 0 Å². The molecule has 0 bridgehead atoms. The predicted octanol–water partition coefficient (Wildman–Crippen LogP) is 5.05. The molecule has 0 heterocycles. The Bertz CT molecular complexity index is 639. The van der Waals surface area contributed by atoms with Crippen LogP contribution in [0.1, 0.15) is 101 Å². The molecule has 0 aromatic heterocycles. The summed E-state index contributed by atoms with van der Waals surface area (Å²) in [5, 5.41) is 43.9. The lowest BCUT2D eigenvalue weighted by Gasteiger charge is -2.63. The fourth-order valence-corrected chi connectivity index (χ4v) is 6.03. The van der Waals surface area contributed by atoms with E-state index in [1.54, 1.807) is 62.3 Å². The molecular formula is C24H44O7. The maximum Gasteiger partial charge on any atom is 0.337 e. The number of carboxylic acid groups (broad SMARTS) is 3. The average Bonchev–Trinajstić information content (AvgIpc) is 2.72. The van der Waals surface area contributed by atoms with Crippen molar-refractivity contribution in [3.8, 4) is 0 Å². The largest absolute Gasteiger partial charge is 0.481 e. The van der Waals surface area contributed by atoms with Crippen LogP contribution >= 0.6 is 0 Å². The Labute approximate surface area is 187 Å². The normalized spacial score (nSPS) is 16.5. The van der Waals surface area contributed by atoms with Crippen molar-refractivity contribution in [2.45, 2.75) is 106 Å². The number of carboxylic acids is 3. The monoisotopic (exact) mass is 444 g/mol. The zero-order valence-corrected chi connectivity index (χ0v) is 20.8. The van der Waals surface area contributed by atoms with Gasteiger partial charge in [-0.25, -0.2) is 4.79 Å². The molecule has 31 heavy (non-hydrogen) atoms. The van der Waals surface area contributed by atoms with E-state index in [-0.39, 0.29) is 38.5 Å². The van der Waals surface area contributed by atoms with E-state index in [9.17, 15) is 34.8 Å². The van der Waals surface area contributed by atoms with Crippen molar-refractivity contribution in [1.82, 2.24) is 0 Å². The van der Waals surface area contributed by atoms with Crippen molar-refractivity contribution >= 4 is 17.9 Å². The van der Waals surface area contributed by atoms with Gasteiger partial charge in [0, 0.05) is 0 Å². The Balaban J connectivity index is 8.16. The van der Waals surface area contributed by atoms with E-state index >= 15 is 0 Å². The van der Waals surface area contributed by atoms with Gasteiger partial charge in [-0.3, -0.25) is 9.59 Å². The van der Waals surface area contributed by atoms with E-state index in [0.29, 0.717) is 0 Å². The van der Waals surface area contributed by atoms with Crippen molar-refractivity contribution in [2.75, 3.05) is 0 Å². The van der Waals surface area contributed by atoms with Crippen molar-refractivity contribution in [3.05, 3.63) is 0 Å². The number of aliphatic hydroxyl groups is 1. The van der Waals surface area contributed by atoms with Gasteiger partial charge < -0.3 is 20.4 Å². The van der Waals surface area contributed by atoms with Gasteiger partial charge >= 0.3 is 17.9 Å². The second-order valence-corrected chi connectivity index (χ2v) is 9.79. The molecule has 0 fully saturated rings. The maximum absolute atomic E-state index is 13.3. The lowest BCUT2D eigenvalue weighted by atomic mass is 9.39. The van der Waals surface area contributed by atoms with Crippen LogP contribution in [0.4, 0.5) is 0 Å². The van der Waals surface area contributed by atoms with Crippen LogP contribution in [0.5, 0.6) is 0 Å². The van der Waals surface area contributed by atoms with E-state index in [0.717, 1.165) is 0 Å². The Kier molecular flexibility index (Phi) is 9.36. The molecule has 0 aliphatic rings. The smallest absolute Gasteiger partial charge is 0.337 e. The van der Waals surface area contributed by atoms with Crippen LogP contribution in [-0.2, 0) is 14.4 Å². The second-order valence-electron chi connectivity index (χ2n) is 9.79. The fourth-order valence-electron chi connectivity index (χ4n) is 6.03. The van der Waals surface area contributed by atoms with Gasteiger partial charge in [0.15, 0.2) is 5.60 Å². The van der Waals surface area contributed by atoms with Crippen LogP contribution in [0.15, 0.2) is 0 Å². The van der Waals surface area contributed by atoms with Crippen molar-refractivity contribution in [1.29, 1.82) is 0 Å². The standard InChI is InChI=1S/C24H44O7/c1-10-20(7,11-2)16(17(25)26)23(31,18(27)28)24(19(29)30,21(8,12-3)13-4)22(9,14-5)15-6/h16,31H,10-15H2,1-9H3,(H,25,26)(H,27,28)(H,29,30). The van der Waals surface area contributed by atoms with E-state index in [1.165, 1.54) is 0 Å². The van der Waals surface area contributed by atoms with Gasteiger partial charge in [0.2, 0.25) is 0 Å². The molecule has 2 unspecified atom stereocenters. The number of rotatable bonds is 14. The summed E-state index contributed by atoms with van der Waals surface area (Å²) in [5.74, 6) is -6.57. The molecule has 7 heteroatoms. The first-order valence-electron chi connectivity index (χ1n) is 11.5. The third-order valence-electron chi connectivity index (χ3n) is 9.13. The fraction of sp³-hybridized carbons (Fsp3) is 0.875. The van der Waals surface area contributed by atoms with Gasteiger partial charge in [-0.05, 0) is 54.8 Å². The summed E-state index contributed by atoms with van der Waals surface area (Å²) in [4.78, 5) is 39.0. The number of carbonyl (C=O) groups is 3. The molecule has 7 nitrogen and oxygen atoms in total. The highest BCUT2D eigenvalue weighted by molar-refractivity contribution is 5.95. The molecule has 4 N–H and O–H groups in total. The molecule has 182 valence electrons. The first-order valence-corrected chi connectivity index (χ1v) is 11.5. The molecule has 0 aliphatic heterocycles. The van der Waals surface area contributed by atoms with E-state index in [4.69, 9.17) is 0 Å².